The summed E-state index contributed by atoms with van der Waals surface area (Å²) in [4.78, 5) is 11.9. The number of rotatable bonds is 9. The molecule has 134 valence electrons. The zero-order valence-electron chi connectivity index (χ0n) is 13.8. The van der Waals surface area contributed by atoms with Gasteiger partial charge in [0.1, 0.15) is 0 Å². The molecule has 24 heavy (non-hydrogen) atoms. The fourth-order valence-electron chi connectivity index (χ4n) is 2.49. The zero-order chi connectivity index (χ0) is 17.4. The summed E-state index contributed by atoms with van der Waals surface area (Å²) in [5.41, 5.74) is 1.89. The molecule has 1 aromatic rings. The van der Waals surface area contributed by atoms with Crippen molar-refractivity contribution in [2.75, 3.05) is 26.4 Å². The van der Waals surface area contributed by atoms with Gasteiger partial charge in [0, 0.05) is 19.6 Å². The predicted octanol–water partition coefficient (Wildman–Crippen LogP) is 1.85. The Balaban J connectivity index is 1.74. The fraction of sp³-hybridized carbons (Fsp3) is 0.588. The molecule has 0 aliphatic carbocycles. The highest BCUT2D eigenvalue weighted by molar-refractivity contribution is 5.82. The van der Waals surface area contributed by atoms with Gasteiger partial charge in [0.05, 0.1) is 32.4 Å². The first-order valence-corrected chi connectivity index (χ1v) is 8.12. The van der Waals surface area contributed by atoms with Crippen molar-refractivity contribution in [3.63, 3.8) is 0 Å². The van der Waals surface area contributed by atoms with E-state index < -0.39 is 30.8 Å². The molecule has 2 rings (SSSR count). The highest BCUT2D eigenvalue weighted by Gasteiger charge is 2.42. The van der Waals surface area contributed by atoms with Gasteiger partial charge >= 0.3 is 0 Å². The number of carbonyl (C=O) groups is 1. The highest BCUT2D eigenvalue weighted by atomic mass is 19.3. The van der Waals surface area contributed by atoms with Crippen LogP contribution in [-0.2, 0) is 27.4 Å². The molecule has 1 aliphatic heterocycles. The Kier molecular flexibility index (Phi) is 7.08. The molecule has 0 radical (unpaired) electrons. The number of benzene rings is 1. The summed E-state index contributed by atoms with van der Waals surface area (Å²) in [6.45, 7) is 4.00. The van der Waals surface area contributed by atoms with Crippen molar-refractivity contribution in [2.45, 2.75) is 38.5 Å². The van der Waals surface area contributed by atoms with Crippen molar-refractivity contribution in [1.29, 1.82) is 0 Å². The number of nitrogens with one attached hydrogen (secondary N) is 2. The lowest BCUT2D eigenvalue weighted by molar-refractivity contribution is -0.123. The smallest absolute Gasteiger partial charge is 0.262 e. The first kappa shape index (κ1) is 18.8. The van der Waals surface area contributed by atoms with Crippen LogP contribution in [0.15, 0.2) is 24.3 Å². The molecular formula is C17H24F2N2O3. The van der Waals surface area contributed by atoms with Crippen LogP contribution in [0, 0.1) is 0 Å². The lowest BCUT2D eigenvalue weighted by Crippen LogP contribution is -2.40. The Morgan fingerprint density at radius 2 is 2.08 bits per heavy atom. The third-order valence-electron chi connectivity index (χ3n) is 3.73. The van der Waals surface area contributed by atoms with Gasteiger partial charge in [-0.1, -0.05) is 24.3 Å². The number of alkyl halides is 2. The third kappa shape index (κ3) is 6.14. The second-order valence-corrected chi connectivity index (χ2v) is 5.78. The van der Waals surface area contributed by atoms with E-state index in [0.29, 0.717) is 33.0 Å². The number of carbonyl (C=O) groups excluding carboxylic acids is 1. The van der Waals surface area contributed by atoms with E-state index in [0.717, 1.165) is 11.1 Å². The Morgan fingerprint density at radius 3 is 2.79 bits per heavy atom. The Hall–Kier alpha value is -1.57. The third-order valence-corrected chi connectivity index (χ3v) is 3.73. The average Bonchev–Trinajstić information content (AvgIpc) is 2.93. The van der Waals surface area contributed by atoms with Crippen molar-refractivity contribution in [3.8, 4) is 0 Å². The molecular weight excluding hydrogens is 318 g/mol. The minimum Gasteiger partial charge on any atom is -0.379 e. The lowest BCUT2D eigenvalue weighted by Gasteiger charge is -2.12. The second-order valence-electron chi connectivity index (χ2n) is 5.78. The molecule has 1 aliphatic rings. The molecule has 1 amide bonds. The van der Waals surface area contributed by atoms with E-state index in [1.807, 2.05) is 31.2 Å². The first-order valence-electron chi connectivity index (χ1n) is 8.12. The molecule has 1 atom stereocenters. The molecule has 5 nitrogen and oxygen atoms in total. The van der Waals surface area contributed by atoms with Crippen LogP contribution >= 0.6 is 0 Å². The van der Waals surface area contributed by atoms with Gasteiger partial charge < -0.3 is 14.8 Å². The van der Waals surface area contributed by atoms with Crippen LogP contribution < -0.4 is 10.6 Å². The van der Waals surface area contributed by atoms with Crippen LogP contribution in [-0.4, -0.2) is 44.2 Å². The van der Waals surface area contributed by atoms with E-state index in [1.165, 1.54) is 0 Å². The van der Waals surface area contributed by atoms with Crippen LogP contribution in [0.25, 0.3) is 0 Å². The molecule has 1 saturated heterocycles. The minimum absolute atomic E-state index is 0.301. The van der Waals surface area contributed by atoms with E-state index in [2.05, 4.69) is 10.6 Å². The van der Waals surface area contributed by atoms with Gasteiger partial charge in [0.25, 0.3) is 5.92 Å². The summed E-state index contributed by atoms with van der Waals surface area (Å²) >= 11 is 0. The summed E-state index contributed by atoms with van der Waals surface area (Å²) in [5, 5.41) is 5.24. The summed E-state index contributed by atoms with van der Waals surface area (Å²) < 4.78 is 36.9. The van der Waals surface area contributed by atoms with Crippen molar-refractivity contribution < 1.29 is 23.0 Å². The van der Waals surface area contributed by atoms with Crippen LogP contribution in [0.4, 0.5) is 8.78 Å². The maximum Gasteiger partial charge on any atom is 0.262 e. The molecule has 0 bridgehead atoms. The summed E-state index contributed by atoms with van der Waals surface area (Å²) in [6.07, 6.45) is -0.452. The zero-order valence-corrected chi connectivity index (χ0v) is 13.8. The Labute approximate surface area is 140 Å². The molecule has 1 heterocycles. The van der Waals surface area contributed by atoms with E-state index in [4.69, 9.17) is 9.47 Å². The van der Waals surface area contributed by atoms with Gasteiger partial charge in [0.15, 0.2) is 0 Å². The summed E-state index contributed by atoms with van der Waals surface area (Å²) in [5.74, 6) is -3.20. The maximum atomic E-state index is 13.1. The van der Waals surface area contributed by atoms with E-state index >= 15 is 0 Å². The average molecular weight is 342 g/mol. The predicted molar refractivity (Wildman–Crippen MR) is 85.8 cm³/mol. The summed E-state index contributed by atoms with van der Waals surface area (Å²) in [7, 11) is 0. The second kappa shape index (κ2) is 9.05. The van der Waals surface area contributed by atoms with E-state index in [1.54, 1.807) is 0 Å². The van der Waals surface area contributed by atoms with E-state index in [9.17, 15) is 13.6 Å². The number of ether oxygens (including phenoxy) is 2. The quantitative estimate of drug-likeness (QED) is 0.673. The lowest BCUT2D eigenvalue weighted by atomic mass is 10.1. The van der Waals surface area contributed by atoms with Crippen molar-refractivity contribution >= 4 is 5.91 Å². The van der Waals surface area contributed by atoms with Gasteiger partial charge in [0.2, 0.25) is 5.91 Å². The van der Waals surface area contributed by atoms with E-state index in [-0.39, 0.29) is 0 Å². The normalized spacial score (nSPS) is 19.4. The molecule has 1 aromatic carbocycles. The molecule has 0 aromatic heterocycles. The number of amides is 1. The molecule has 7 heteroatoms. The number of halogens is 2. The summed E-state index contributed by atoms with van der Waals surface area (Å²) in [6, 6.07) is 6.79. The minimum atomic E-state index is -2.80. The monoisotopic (exact) mass is 342 g/mol. The van der Waals surface area contributed by atoms with Gasteiger partial charge in [-0.05, 0) is 18.1 Å². The van der Waals surface area contributed by atoms with Crippen LogP contribution in [0.2, 0.25) is 0 Å². The SMILES string of the molecule is CCOCCOCc1cccc(CNC(=O)C2CC(F)(F)CN2)c1. The molecule has 0 spiro atoms. The van der Waals surface area contributed by atoms with Gasteiger partial charge in [-0.25, -0.2) is 8.78 Å². The van der Waals surface area contributed by atoms with Crippen molar-refractivity contribution in [1.82, 2.24) is 10.6 Å². The Bertz CT molecular complexity index is 540. The topological polar surface area (TPSA) is 59.6 Å². The fourth-order valence-corrected chi connectivity index (χ4v) is 2.49. The highest BCUT2D eigenvalue weighted by Crippen LogP contribution is 2.25. The van der Waals surface area contributed by atoms with Crippen LogP contribution in [0.1, 0.15) is 24.5 Å². The first-order chi connectivity index (χ1) is 11.5. The van der Waals surface area contributed by atoms with Gasteiger partial charge in [-0.3, -0.25) is 10.1 Å². The van der Waals surface area contributed by atoms with Crippen molar-refractivity contribution in [3.05, 3.63) is 35.4 Å². The molecule has 0 saturated carbocycles. The van der Waals surface area contributed by atoms with Crippen molar-refractivity contribution in [2.24, 2.45) is 0 Å². The molecule has 2 N–H and O–H groups in total. The molecule has 1 fully saturated rings. The number of hydrogen-bond donors (Lipinski definition) is 2. The number of hydrogen-bond acceptors (Lipinski definition) is 4. The van der Waals surface area contributed by atoms with Gasteiger partial charge in [-0.2, -0.15) is 0 Å². The largest absolute Gasteiger partial charge is 0.379 e. The van der Waals surface area contributed by atoms with Crippen LogP contribution in [0.3, 0.4) is 0 Å². The van der Waals surface area contributed by atoms with Gasteiger partial charge in [-0.15, -0.1) is 0 Å². The molecule has 1 unspecified atom stereocenters. The standard InChI is InChI=1S/C17H24F2N2O3/c1-2-23-6-7-24-11-14-5-3-4-13(8-14)10-20-16(22)15-9-17(18,19)12-21-15/h3-5,8,15,21H,2,6-7,9-12H2,1H3,(H,20,22). The van der Waals surface area contributed by atoms with Crippen LogP contribution in [0.5, 0.6) is 0 Å². The Morgan fingerprint density at radius 1 is 1.33 bits per heavy atom. The maximum absolute atomic E-state index is 13.1.